The van der Waals surface area contributed by atoms with Crippen LogP contribution in [-0.4, -0.2) is 22.4 Å². The average Bonchev–Trinajstić information content (AvgIpc) is 2.36. The molecule has 0 saturated heterocycles. The zero-order valence-corrected chi connectivity index (χ0v) is 9.50. The van der Waals surface area contributed by atoms with Crippen LogP contribution in [0.4, 0.5) is 0 Å². The van der Waals surface area contributed by atoms with E-state index in [1.54, 1.807) is 0 Å². The molecule has 4 atom stereocenters. The van der Waals surface area contributed by atoms with Crippen LogP contribution in [-0.2, 0) is 0 Å². The van der Waals surface area contributed by atoms with Gasteiger partial charge in [-0.15, -0.1) is 0 Å². The molecule has 0 aromatic rings. The Morgan fingerprint density at radius 3 is 1.06 bits per heavy atom. The van der Waals surface area contributed by atoms with Crippen molar-refractivity contribution < 1.29 is 10.2 Å². The molecule has 1 saturated carbocycles. The third-order valence-electron chi connectivity index (χ3n) is 4.82. The predicted octanol–water partition coefficient (Wildman–Crippen LogP) is 1.89. The highest BCUT2D eigenvalue weighted by atomic mass is 16.3. The zero-order valence-electron chi connectivity index (χ0n) is 9.50. The number of aliphatic hydroxyl groups is 2. The van der Waals surface area contributed by atoms with Gasteiger partial charge in [0, 0.05) is 0 Å². The molecule has 4 unspecified atom stereocenters. The number of aliphatic hydroxyl groups excluding tert-OH is 2. The van der Waals surface area contributed by atoms with Gasteiger partial charge in [-0.25, -0.2) is 0 Å². The van der Waals surface area contributed by atoms with E-state index < -0.39 is 0 Å². The van der Waals surface area contributed by atoms with Crippen molar-refractivity contribution in [3.63, 3.8) is 0 Å². The molecular formula is C14H20O2. The van der Waals surface area contributed by atoms with Gasteiger partial charge in [0.1, 0.15) is 0 Å². The van der Waals surface area contributed by atoms with E-state index >= 15 is 0 Å². The van der Waals surface area contributed by atoms with E-state index in [-0.39, 0.29) is 35.9 Å². The first kappa shape index (κ1) is 10.5. The Hall–Kier alpha value is -0.600. The minimum atomic E-state index is -0.215. The summed E-state index contributed by atoms with van der Waals surface area (Å²) in [5, 5.41) is 20.9. The second-order valence-electron chi connectivity index (χ2n) is 5.52. The van der Waals surface area contributed by atoms with E-state index in [1.807, 2.05) is 0 Å². The molecule has 0 radical (unpaired) electrons. The van der Waals surface area contributed by atoms with Gasteiger partial charge < -0.3 is 10.2 Å². The van der Waals surface area contributed by atoms with Gasteiger partial charge in [-0.05, 0) is 49.4 Å². The largest absolute Gasteiger partial charge is 0.393 e. The summed E-state index contributed by atoms with van der Waals surface area (Å²) in [5.41, 5.74) is 0. The number of hydrogen-bond acceptors (Lipinski definition) is 2. The van der Waals surface area contributed by atoms with Gasteiger partial charge in [0.05, 0.1) is 12.2 Å². The fourth-order valence-corrected chi connectivity index (χ4v) is 3.92. The van der Waals surface area contributed by atoms with E-state index in [1.165, 1.54) is 0 Å². The molecular weight excluding hydrogens is 200 g/mol. The van der Waals surface area contributed by atoms with Crippen LogP contribution in [0.15, 0.2) is 24.3 Å². The Morgan fingerprint density at radius 2 is 0.812 bits per heavy atom. The second kappa shape index (κ2) is 4.01. The molecule has 0 heterocycles. The molecule has 2 N–H and O–H groups in total. The molecule has 88 valence electrons. The Kier molecular flexibility index (Phi) is 2.64. The molecule has 1 fully saturated rings. The second-order valence-corrected chi connectivity index (χ2v) is 5.52. The van der Waals surface area contributed by atoms with Crippen molar-refractivity contribution in [1.82, 2.24) is 0 Å². The van der Waals surface area contributed by atoms with E-state index in [9.17, 15) is 10.2 Å². The maximum atomic E-state index is 10.4. The number of rotatable bonds is 0. The van der Waals surface area contributed by atoms with Crippen molar-refractivity contribution in [2.24, 2.45) is 23.7 Å². The summed E-state index contributed by atoms with van der Waals surface area (Å²) in [6.45, 7) is 0. The van der Waals surface area contributed by atoms with Crippen molar-refractivity contribution in [3.05, 3.63) is 24.3 Å². The molecule has 0 bridgehead atoms. The number of allylic oxidation sites excluding steroid dienone is 4. The minimum absolute atomic E-state index is 0.215. The van der Waals surface area contributed by atoms with Gasteiger partial charge in [-0.1, -0.05) is 24.3 Å². The van der Waals surface area contributed by atoms with Gasteiger partial charge >= 0.3 is 0 Å². The van der Waals surface area contributed by atoms with Crippen molar-refractivity contribution >= 4 is 0 Å². The molecule has 0 amide bonds. The van der Waals surface area contributed by atoms with Crippen LogP contribution < -0.4 is 0 Å². The Labute approximate surface area is 96.7 Å². The van der Waals surface area contributed by atoms with E-state index in [0.29, 0.717) is 0 Å². The maximum Gasteiger partial charge on any atom is 0.0609 e. The van der Waals surface area contributed by atoms with Crippen LogP contribution in [0.3, 0.4) is 0 Å². The highest BCUT2D eigenvalue weighted by molar-refractivity contribution is 5.09. The zero-order chi connectivity index (χ0) is 11.1. The normalized spacial score (nSPS) is 50.9. The van der Waals surface area contributed by atoms with E-state index in [0.717, 1.165) is 25.7 Å². The minimum Gasteiger partial charge on any atom is -0.393 e. The third kappa shape index (κ3) is 1.47. The molecule has 0 aromatic carbocycles. The van der Waals surface area contributed by atoms with E-state index in [2.05, 4.69) is 24.3 Å². The summed E-state index contributed by atoms with van der Waals surface area (Å²) in [6.07, 6.45) is 12.0. The molecule has 0 spiro atoms. The molecule has 0 aromatic heterocycles. The Morgan fingerprint density at radius 1 is 0.562 bits per heavy atom. The molecule has 16 heavy (non-hydrogen) atoms. The van der Waals surface area contributed by atoms with Crippen LogP contribution in [0, 0.1) is 23.7 Å². The van der Waals surface area contributed by atoms with Crippen LogP contribution in [0.1, 0.15) is 25.7 Å². The first-order valence-electron chi connectivity index (χ1n) is 6.45. The van der Waals surface area contributed by atoms with Crippen LogP contribution >= 0.6 is 0 Å². The quantitative estimate of drug-likeness (QED) is 0.612. The van der Waals surface area contributed by atoms with Crippen molar-refractivity contribution in [1.29, 1.82) is 0 Å². The van der Waals surface area contributed by atoms with Gasteiger partial charge in [-0.3, -0.25) is 0 Å². The van der Waals surface area contributed by atoms with E-state index in [4.69, 9.17) is 0 Å². The summed E-state index contributed by atoms with van der Waals surface area (Å²) < 4.78 is 0. The molecule has 3 rings (SSSR count). The van der Waals surface area contributed by atoms with Crippen LogP contribution in [0.2, 0.25) is 0 Å². The Balaban J connectivity index is 1.90. The van der Waals surface area contributed by atoms with Crippen LogP contribution in [0.5, 0.6) is 0 Å². The topological polar surface area (TPSA) is 40.5 Å². The first-order valence-corrected chi connectivity index (χ1v) is 6.45. The molecule has 0 aliphatic heterocycles. The lowest BCUT2D eigenvalue weighted by Crippen LogP contribution is -2.53. The number of hydrogen-bond donors (Lipinski definition) is 2. The van der Waals surface area contributed by atoms with Gasteiger partial charge in [0.15, 0.2) is 0 Å². The van der Waals surface area contributed by atoms with Gasteiger partial charge in [0.25, 0.3) is 0 Å². The lowest BCUT2D eigenvalue weighted by Gasteiger charge is -2.50. The Bertz CT molecular complexity index is 261. The molecule has 3 aliphatic rings. The summed E-state index contributed by atoms with van der Waals surface area (Å²) in [6, 6.07) is 0. The van der Waals surface area contributed by atoms with Crippen LogP contribution in [0.25, 0.3) is 0 Å². The maximum absolute atomic E-state index is 10.4. The summed E-state index contributed by atoms with van der Waals surface area (Å²) in [4.78, 5) is 0. The van der Waals surface area contributed by atoms with Crippen molar-refractivity contribution in [2.45, 2.75) is 37.9 Å². The number of fused-ring (bicyclic) bond motifs is 2. The van der Waals surface area contributed by atoms with Gasteiger partial charge in [0.2, 0.25) is 0 Å². The average molecular weight is 220 g/mol. The highest BCUT2D eigenvalue weighted by Gasteiger charge is 2.48. The molecule has 2 heteroatoms. The smallest absolute Gasteiger partial charge is 0.0609 e. The lowest BCUT2D eigenvalue weighted by atomic mass is 9.59. The standard InChI is InChI=1S/C14H20O2/c15-13-9-5-1-2-6-10(9)14(16)12-8-4-3-7-11(12)13/h1-4,9-16H,5-8H2. The molecule has 2 nitrogen and oxygen atoms in total. The molecule has 3 aliphatic carbocycles. The van der Waals surface area contributed by atoms with Gasteiger partial charge in [-0.2, -0.15) is 0 Å². The fraction of sp³-hybridized carbons (Fsp3) is 0.714. The SMILES string of the molecule is OC1C2CC=CCC2C(O)C2CC=CCC12. The third-order valence-corrected chi connectivity index (χ3v) is 4.82. The predicted molar refractivity (Wildman–Crippen MR) is 62.7 cm³/mol. The lowest BCUT2D eigenvalue weighted by molar-refractivity contribution is -0.119. The highest BCUT2D eigenvalue weighted by Crippen LogP contribution is 2.47. The first-order chi connectivity index (χ1) is 7.79. The van der Waals surface area contributed by atoms with Crippen molar-refractivity contribution in [2.75, 3.05) is 0 Å². The van der Waals surface area contributed by atoms with Crippen molar-refractivity contribution in [3.8, 4) is 0 Å². The monoisotopic (exact) mass is 220 g/mol. The summed E-state index contributed by atoms with van der Waals surface area (Å²) in [5.74, 6) is 1.14. The fourth-order valence-electron chi connectivity index (χ4n) is 3.92. The summed E-state index contributed by atoms with van der Waals surface area (Å²) in [7, 11) is 0. The summed E-state index contributed by atoms with van der Waals surface area (Å²) >= 11 is 0.